The molecular formula is C20H24N2O3. The van der Waals surface area contributed by atoms with Crippen LogP contribution in [0.4, 0.5) is 0 Å². The van der Waals surface area contributed by atoms with Crippen molar-refractivity contribution in [1.29, 1.82) is 0 Å². The maximum Gasteiger partial charge on any atom is 0.227 e. The van der Waals surface area contributed by atoms with Crippen LogP contribution < -0.4 is 4.74 Å². The monoisotopic (exact) mass is 340 g/mol. The smallest absolute Gasteiger partial charge is 0.227 e. The van der Waals surface area contributed by atoms with E-state index < -0.39 is 5.60 Å². The lowest BCUT2D eigenvalue weighted by atomic mass is 9.86. The normalized spacial score (nSPS) is 19.5. The van der Waals surface area contributed by atoms with E-state index in [2.05, 4.69) is 4.98 Å². The van der Waals surface area contributed by atoms with Gasteiger partial charge in [-0.25, -0.2) is 0 Å². The zero-order valence-corrected chi connectivity index (χ0v) is 14.7. The Balaban J connectivity index is 1.78. The fourth-order valence-corrected chi connectivity index (χ4v) is 3.55. The standard InChI is InChI=1S/C20H24N2O3/c1-20(24,16-5-7-17(25-2)8-6-16)18-4-3-13-22(18)19(23)14-15-9-11-21-12-10-15/h5-12,18,24H,3-4,13-14H2,1-2H3. The van der Waals surface area contributed by atoms with Crippen molar-refractivity contribution in [1.82, 2.24) is 9.88 Å². The number of carbonyl (C=O) groups is 1. The van der Waals surface area contributed by atoms with Crippen molar-refractivity contribution in [2.45, 2.75) is 37.8 Å². The van der Waals surface area contributed by atoms with Gasteiger partial charge >= 0.3 is 0 Å². The van der Waals surface area contributed by atoms with Crippen LogP contribution in [0.1, 0.15) is 30.9 Å². The van der Waals surface area contributed by atoms with Crippen LogP contribution in [0.25, 0.3) is 0 Å². The van der Waals surface area contributed by atoms with Gasteiger partial charge in [-0.3, -0.25) is 9.78 Å². The van der Waals surface area contributed by atoms with Gasteiger partial charge in [0.1, 0.15) is 11.4 Å². The molecule has 2 atom stereocenters. The van der Waals surface area contributed by atoms with Gasteiger partial charge in [0, 0.05) is 18.9 Å². The molecule has 1 aromatic carbocycles. The van der Waals surface area contributed by atoms with Gasteiger partial charge < -0.3 is 14.7 Å². The first-order valence-corrected chi connectivity index (χ1v) is 8.57. The summed E-state index contributed by atoms with van der Waals surface area (Å²) in [5, 5.41) is 11.2. The number of rotatable bonds is 5. The Labute approximate surface area is 148 Å². The third-order valence-corrected chi connectivity index (χ3v) is 5.00. The maximum atomic E-state index is 12.8. The summed E-state index contributed by atoms with van der Waals surface area (Å²) < 4.78 is 5.18. The summed E-state index contributed by atoms with van der Waals surface area (Å²) >= 11 is 0. The van der Waals surface area contributed by atoms with E-state index >= 15 is 0 Å². The fraction of sp³-hybridized carbons (Fsp3) is 0.400. The third-order valence-electron chi connectivity index (χ3n) is 5.00. The van der Waals surface area contributed by atoms with Crippen LogP contribution in [0, 0.1) is 0 Å². The molecule has 1 aliphatic rings. The van der Waals surface area contributed by atoms with Crippen molar-refractivity contribution in [3.8, 4) is 5.75 Å². The van der Waals surface area contributed by atoms with Crippen molar-refractivity contribution < 1.29 is 14.6 Å². The first-order chi connectivity index (χ1) is 12.0. The summed E-state index contributed by atoms with van der Waals surface area (Å²) in [6.45, 7) is 2.47. The van der Waals surface area contributed by atoms with Gasteiger partial charge in [-0.15, -0.1) is 0 Å². The van der Waals surface area contributed by atoms with E-state index in [1.54, 1.807) is 26.4 Å². The average molecular weight is 340 g/mol. The third kappa shape index (κ3) is 3.66. The van der Waals surface area contributed by atoms with Crippen LogP contribution in [0.2, 0.25) is 0 Å². The second-order valence-electron chi connectivity index (χ2n) is 6.65. The molecule has 3 rings (SSSR count). The Morgan fingerprint density at radius 1 is 1.28 bits per heavy atom. The quantitative estimate of drug-likeness (QED) is 0.908. The second kappa shape index (κ2) is 7.23. The molecule has 0 aliphatic carbocycles. The van der Waals surface area contributed by atoms with Crippen LogP contribution in [0.3, 0.4) is 0 Å². The summed E-state index contributed by atoms with van der Waals surface area (Å²) in [4.78, 5) is 18.6. The van der Waals surface area contributed by atoms with E-state index in [-0.39, 0.29) is 11.9 Å². The molecule has 1 fully saturated rings. The van der Waals surface area contributed by atoms with E-state index in [4.69, 9.17) is 4.74 Å². The summed E-state index contributed by atoms with van der Waals surface area (Å²) in [7, 11) is 1.61. The lowest BCUT2D eigenvalue weighted by Crippen LogP contribution is -2.48. The van der Waals surface area contributed by atoms with E-state index in [1.165, 1.54) is 0 Å². The SMILES string of the molecule is COc1ccc(C(C)(O)C2CCCN2C(=O)Cc2ccncc2)cc1. The number of amides is 1. The van der Waals surface area contributed by atoms with Crippen LogP contribution in [0.15, 0.2) is 48.8 Å². The minimum absolute atomic E-state index is 0.0440. The number of benzene rings is 1. The topological polar surface area (TPSA) is 62.7 Å². The molecule has 0 bridgehead atoms. The highest BCUT2D eigenvalue weighted by atomic mass is 16.5. The Hall–Kier alpha value is -2.40. The first kappa shape index (κ1) is 17.4. The van der Waals surface area contributed by atoms with Crippen molar-refractivity contribution in [3.63, 3.8) is 0 Å². The van der Waals surface area contributed by atoms with Crippen LogP contribution in [0.5, 0.6) is 5.75 Å². The number of aliphatic hydroxyl groups is 1. The molecule has 0 saturated carbocycles. The van der Waals surface area contributed by atoms with E-state index in [0.29, 0.717) is 13.0 Å². The van der Waals surface area contributed by atoms with Gasteiger partial charge in [0.2, 0.25) is 5.91 Å². The highest BCUT2D eigenvalue weighted by molar-refractivity contribution is 5.79. The molecule has 1 amide bonds. The molecule has 1 aliphatic heterocycles. The number of aromatic nitrogens is 1. The average Bonchev–Trinajstić information content (AvgIpc) is 3.13. The highest BCUT2D eigenvalue weighted by Crippen LogP contribution is 2.35. The Bertz CT molecular complexity index is 713. The molecule has 132 valence electrons. The van der Waals surface area contributed by atoms with Crippen molar-refractivity contribution in [2.75, 3.05) is 13.7 Å². The number of likely N-dealkylation sites (tertiary alicyclic amines) is 1. The number of nitrogens with zero attached hydrogens (tertiary/aromatic N) is 2. The first-order valence-electron chi connectivity index (χ1n) is 8.57. The Kier molecular flexibility index (Phi) is 5.04. The van der Waals surface area contributed by atoms with Gasteiger partial charge in [0.25, 0.3) is 0 Å². The largest absolute Gasteiger partial charge is 0.497 e. The molecule has 0 spiro atoms. The molecule has 5 heteroatoms. The van der Waals surface area contributed by atoms with E-state index in [9.17, 15) is 9.90 Å². The number of ether oxygens (including phenoxy) is 1. The summed E-state index contributed by atoms with van der Waals surface area (Å²) in [6, 6.07) is 10.9. The van der Waals surface area contributed by atoms with Gasteiger partial charge in [-0.2, -0.15) is 0 Å². The molecular weight excluding hydrogens is 316 g/mol. The lowest BCUT2D eigenvalue weighted by molar-refractivity contribution is -0.137. The van der Waals surface area contributed by atoms with Crippen LogP contribution >= 0.6 is 0 Å². The van der Waals surface area contributed by atoms with Gasteiger partial charge in [-0.05, 0) is 55.2 Å². The Morgan fingerprint density at radius 3 is 2.60 bits per heavy atom. The van der Waals surface area contributed by atoms with Gasteiger partial charge in [0.05, 0.1) is 19.6 Å². The zero-order chi connectivity index (χ0) is 17.9. The molecule has 2 unspecified atom stereocenters. The van der Waals surface area contributed by atoms with E-state index in [0.717, 1.165) is 29.7 Å². The number of methoxy groups -OCH3 is 1. The molecule has 2 aromatic rings. The molecule has 0 radical (unpaired) electrons. The van der Waals surface area contributed by atoms with Crippen LogP contribution in [-0.4, -0.2) is 40.6 Å². The highest BCUT2D eigenvalue weighted by Gasteiger charge is 2.42. The van der Waals surface area contributed by atoms with E-state index in [1.807, 2.05) is 41.3 Å². The molecule has 2 heterocycles. The van der Waals surface area contributed by atoms with Crippen molar-refractivity contribution in [2.24, 2.45) is 0 Å². The second-order valence-corrected chi connectivity index (χ2v) is 6.65. The minimum atomic E-state index is -1.10. The minimum Gasteiger partial charge on any atom is -0.497 e. The lowest BCUT2D eigenvalue weighted by Gasteiger charge is -2.37. The maximum absolute atomic E-state index is 12.8. The number of pyridine rings is 1. The molecule has 1 saturated heterocycles. The Morgan fingerprint density at radius 2 is 1.96 bits per heavy atom. The summed E-state index contributed by atoms with van der Waals surface area (Å²) in [6.07, 6.45) is 5.41. The fourth-order valence-electron chi connectivity index (χ4n) is 3.55. The summed E-state index contributed by atoms with van der Waals surface area (Å²) in [5.41, 5.74) is 0.632. The molecule has 25 heavy (non-hydrogen) atoms. The zero-order valence-electron chi connectivity index (χ0n) is 14.7. The molecule has 1 N–H and O–H groups in total. The van der Waals surface area contributed by atoms with Gasteiger partial charge in [-0.1, -0.05) is 12.1 Å². The molecule has 5 nitrogen and oxygen atoms in total. The predicted molar refractivity (Wildman–Crippen MR) is 95.2 cm³/mol. The van der Waals surface area contributed by atoms with Crippen molar-refractivity contribution in [3.05, 3.63) is 59.9 Å². The number of carbonyl (C=O) groups excluding carboxylic acids is 1. The summed E-state index contributed by atoms with van der Waals surface area (Å²) in [5.74, 6) is 0.791. The predicted octanol–water partition coefficient (Wildman–Crippen LogP) is 2.53. The van der Waals surface area contributed by atoms with Crippen molar-refractivity contribution >= 4 is 5.91 Å². The molecule has 1 aromatic heterocycles. The van der Waals surface area contributed by atoms with Gasteiger partial charge in [0.15, 0.2) is 0 Å². The van der Waals surface area contributed by atoms with Crippen LogP contribution in [-0.2, 0) is 16.8 Å². The number of hydrogen-bond donors (Lipinski definition) is 1. The number of hydrogen-bond acceptors (Lipinski definition) is 4.